The summed E-state index contributed by atoms with van der Waals surface area (Å²) < 4.78 is 44.7. The second-order valence-corrected chi connectivity index (χ2v) is 3.74. The number of ether oxygens (including phenoxy) is 1. The highest BCUT2D eigenvalue weighted by Crippen LogP contribution is 2.33. The number of halogens is 3. The minimum absolute atomic E-state index is 0.0173. The van der Waals surface area contributed by atoms with Gasteiger partial charge >= 0.3 is 12.1 Å². The highest BCUT2D eigenvalue weighted by Gasteiger charge is 2.41. The number of aromatic nitrogens is 3. The largest absolute Gasteiger partial charge is 0.462 e. The molecule has 0 aliphatic carbocycles. The van der Waals surface area contributed by atoms with Gasteiger partial charge < -0.3 is 4.74 Å². The second-order valence-electron chi connectivity index (χ2n) is 3.74. The molecule has 20 heavy (non-hydrogen) atoms. The van der Waals surface area contributed by atoms with Gasteiger partial charge in [0.25, 0.3) is 0 Å². The molecule has 2 aromatic heterocycles. The molecule has 0 unspecified atom stereocenters. The van der Waals surface area contributed by atoms with Crippen LogP contribution in [0.25, 0.3) is 5.69 Å². The van der Waals surface area contributed by atoms with Gasteiger partial charge in [0.1, 0.15) is 5.56 Å². The van der Waals surface area contributed by atoms with Crippen LogP contribution in [0.4, 0.5) is 13.2 Å². The summed E-state index contributed by atoms with van der Waals surface area (Å²) >= 11 is 0. The molecule has 0 saturated carbocycles. The molecule has 2 rings (SSSR count). The number of rotatable bonds is 3. The molecule has 0 N–H and O–H groups in total. The first-order valence-electron chi connectivity index (χ1n) is 5.68. The number of hydrogen-bond acceptors (Lipinski definition) is 4. The van der Waals surface area contributed by atoms with E-state index >= 15 is 0 Å². The number of carbonyl (C=O) groups is 1. The zero-order chi connectivity index (χ0) is 14.8. The van der Waals surface area contributed by atoms with Gasteiger partial charge in [-0.1, -0.05) is 0 Å². The van der Waals surface area contributed by atoms with Gasteiger partial charge in [-0.15, -0.1) is 0 Å². The Balaban J connectivity index is 2.57. The average Bonchev–Trinajstić information content (AvgIpc) is 2.84. The van der Waals surface area contributed by atoms with Crippen molar-refractivity contribution in [2.45, 2.75) is 13.1 Å². The summed E-state index contributed by atoms with van der Waals surface area (Å²) in [7, 11) is 0. The van der Waals surface area contributed by atoms with Crippen LogP contribution in [0, 0.1) is 0 Å². The normalized spacial score (nSPS) is 11.4. The van der Waals surface area contributed by atoms with Gasteiger partial charge in [-0.3, -0.25) is 4.98 Å². The van der Waals surface area contributed by atoms with Crippen LogP contribution < -0.4 is 0 Å². The van der Waals surface area contributed by atoms with Crippen LogP contribution in [0.15, 0.2) is 30.7 Å². The summed E-state index contributed by atoms with van der Waals surface area (Å²) in [5.74, 6) is -1.06. The molecule has 0 atom stereocenters. The van der Waals surface area contributed by atoms with Crippen molar-refractivity contribution >= 4 is 5.97 Å². The molecule has 0 saturated heterocycles. The second kappa shape index (κ2) is 5.32. The van der Waals surface area contributed by atoms with Gasteiger partial charge in [0.2, 0.25) is 0 Å². The van der Waals surface area contributed by atoms with Crippen molar-refractivity contribution in [3.63, 3.8) is 0 Å². The Labute approximate surface area is 112 Å². The molecular formula is C12H10F3N3O2. The van der Waals surface area contributed by atoms with E-state index in [1.807, 2.05) is 0 Å². The Hall–Kier alpha value is -2.38. The van der Waals surface area contributed by atoms with E-state index in [0.717, 1.165) is 6.20 Å². The van der Waals surface area contributed by atoms with Gasteiger partial charge in [-0.25, -0.2) is 9.48 Å². The maximum atomic E-state index is 13.1. The van der Waals surface area contributed by atoms with E-state index in [-0.39, 0.29) is 12.3 Å². The molecule has 0 radical (unpaired) electrons. The van der Waals surface area contributed by atoms with E-state index in [4.69, 9.17) is 0 Å². The maximum Gasteiger partial charge on any atom is 0.434 e. The number of carbonyl (C=O) groups excluding carboxylic acids is 1. The lowest BCUT2D eigenvalue weighted by atomic mass is 10.2. The molecule has 8 heteroatoms. The fourth-order valence-corrected chi connectivity index (χ4v) is 1.66. The lowest BCUT2D eigenvalue weighted by Gasteiger charge is -2.12. The molecular weight excluding hydrogens is 275 g/mol. The lowest BCUT2D eigenvalue weighted by molar-refractivity contribution is -0.143. The first kappa shape index (κ1) is 14.0. The highest BCUT2D eigenvalue weighted by atomic mass is 19.4. The minimum atomic E-state index is -4.73. The van der Waals surface area contributed by atoms with Gasteiger partial charge in [0.15, 0.2) is 5.69 Å². The molecule has 0 amide bonds. The summed E-state index contributed by atoms with van der Waals surface area (Å²) in [6.45, 7) is 1.50. The Morgan fingerprint density at radius 1 is 1.35 bits per heavy atom. The lowest BCUT2D eigenvalue weighted by Crippen LogP contribution is -2.18. The van der Waals surface area contributed by atoms with Crippen molar-refractivity contribution in [3.8, 4) is 5.69 Å². The van der Waals surface area contributed by atoms with Crippen molar-refractivity contribution in [2.24, 2.45) is 0 Å². The van der Waals surface area contributed by atoms with Crippen LogP contribution in [0.5, 0.6) is 0 Å². The van der Waals surface area contributed by atoms with Crippen LogP contribution in [0.2, 0.25) is 0 Å². The standard InChI is InChI=1S/C12H10F3N3O2/c1-2-20-11(19)9-7-17-18(10(9)12(13,14)15)8-3-5-16-6-4-8/h3-7H,2H2,1H3. The Morgan fingerprint density at radius 3 is 2.55 bits per heavy atom. The van der Waals surface area contributed by atoms with Crippen molar-refractivity contribution in [2.75, 3.05) is 6.61 Å². The van der Waals surface area contributed by atoms with Gasteiger partial charge in [0.05, 0.1) is 18.5 Å². The van der Waals surface area contributed by atoms with Gasteiger partial charge in [-0.2, -0.15) is 18.3 Å². The third kappa shape index (κ3) is 2.63. The first-order valence-corrected chi connectivity index (χ1v) is 5.68. The molecule has 0 bridgehead atoms. The summed E-state index contributed by atoms with van der Waals surface area (Å²) in [5, 5.41) is 3.62. The van der Waals surface area contributed by atoms with Crippen LogP contribution in [0.1, 0.15) is 23.0 Å². The molecule has 5 nitrogen and oxygen atoms in total. The van der Waals surface area contributed by atoms with E-state index in [2.05, 4.69) is 14.8 Å². The highest BCUT2D eigenvalue weighted by molar-refractivity contribution is 5.90. The summed E-state index contributed by atoms with van der Waals surface area (Å²) in [6.07, 6.45) is -1.22. The Morgan fingerprint density at radius 2 is 2.00 bits per heavy atom. The number of esters is 1. The first-order chi connectivity index (χ1) is 9.45. The quantitative estimate of drug-likeness (QED) is 0.813. The van der Waals surface area contributed by atoms with Crippen molar-refractivity contribution in [3.05, 3.63) is 42.0 Å². The SMILES string of the molecule is CCOC(=O)c1cnn(-c2ccncc2)c1C(F)(F)F. The smallest absolute Gasteiger partial charge is 0.434 e. The fourth-order valence-electron chi connectivity index (χ4n) is 1.66. The third-order valence-electron chi connectivity index (χ3n) is 2.44. The van der Waals surface area contributed by atoms with Gasteiger partial charge in [0, 0.05) is 12.4 Å². The predicted molar refractivity (Wildman–Crippen MR) is 62.3 cm³/mol. The third-order valence-corrected chi connectivity index (χ3v) is 2.44. The molecule has 106 valence electrons. The number of pyridine rings is 1. The zero-order valence-corrected chi connectivity index (χ0v) is 10.4. The van der Waals surface area contributed by atoms with Gasteiger partial charge in [-0.05, 0) is 19.1 Å². The fraction of sp³-hybridized carbons (Fsp3) is 0.250. The van der Waals surface area contributed by atoms with Crippen molar-refractivity contribution in [1.29, 1.82) is 0 Å². The minimum Gasteiger partial charge on any atom is -0.462 e. The summed E-state index contributed by atoms with van der Waals surface area (Å²) in [5.41, 5.74) is -1.62. The molecule has 2 aromatic rings. The van der Waals surface area contributed by atoms with E-state index < -0.39 is 23.4 Å². The van der Waals surface area contributed by atoms with E-state index in [0.29, 0.717) is 4.68 Å². The number of hydrogen-bond donors (Lipinski definition) is 0. The zero-order valence-electron chi connectivity index (χ0n) is 10.4. The maximum absolute atomic E-state index is 13.1. The van der Waals surface area contributed by atoms with Crippen LogP contribution in [0.3, 0.4) is 0 Å². The van der Waals surface area contributed by atoms with Crippen LogP contribution in [-0.2, 0) is 10.9 Å². The molecule has 0 aliphatic rings. The summed E-state index contributed by atoms with van der Waals surface area (Å²) in [4.78, 5) is 15.3. The monoisotopic (exact) mass is 285 g/mol. The Bertz CT molecular complexity index is 608. The average molecular weight is 285 g/mol. The topological polar surface area (TPSA) is 57.0 Å². The molecule has 0 aliphatic heterocycles. The van der Waals surface area contributed by atoms with Crippen molar-refractivity contribution in [1.82, 2.24) is 14.8 Å². The van der Waals surface area contributed by atoms with E-state index in [9.17, 15) is 18.0 Å². The predicted octanol–water partition coefficient (Wildman–Crippen LogP) is 2.46. The molecule has 0 fully saturated rings. The van der Waals surface area contributed by atoms with Crippen LogP contribution >= 0.6 is 0 Å². The summed E-state index contributed by atoms with van der Waals surface area (Å²) in [6, 6.07) is 2.72. The van der Waals surface area contributed by atoms with Crippen LogP contribution in [-0.4, -0.2) is 27.3 Å². The molecule has 0 aromatic carbocycles. The molecule has 0 spiro atoms. The number of alkyl halides is 3. The molecule has 2 heterocycles. The van der Waals surface area contributed by atoms with E-state index in [1.54, 1.807) is 0 Å². The van der Waals surface area contributed by atoms with Crippen molar-refractivity contribution < 1.29 is 22.7 Å². The number of nitrogens with zero attached hydrogens (tertiary/aromatic N) is 3. The van der Waals surface area contributed by atoms with E-state index in [1.165, 1.54) is 31.5 Å². The Kier molecular flexibility index (Phi) is 3.73.